The number of aryl methyl sites for hydroxylation is 2. The van der Waals surface area contributed by atoms with Crippen molar-refractivity contribution in [2.24, 2.45) is 5.10 Å². The molecule has 3 rings (SSSR count). The first-order valence-electron chi connectivity index (χ1n) is 8.65. The van der Waals surface area contributed by atoms with Crippen LogP contribution in [0.15, 0.2) is 59.7 Å². The summed E-state index contributed by atoms with van der Waals surface area (Å²) >= 11 is 0. The van der Waals surface area contributed by atoms with Gasteiger partial charge in [0, 0.05) is 0 Å². The summed E-state index contributed by atoms with van der Waals surface area (Å²) in [7, 11) is 1.65. The van der Waals surface area contributed by atoms with Gasteiger partial charge in [0.2, 0.25) is 0 Å². The van der Waals surface area contributed by atoms with Crippen molar-refractivity contribution in [3.63, 3.8) is 0 Å². The van der Waals surface area contributed by atoms with Crippen molar-refractivity contribution in [1.29, 1.82) is 0 Å². The van der Waals surface area contributed by atoms with Crippen molar-refractivity contribution in [3.8, 4) is 11.5 Å². The maximum atomic E-state index is 11.9. The molecule has 0 saturated carbocycles. The van der Waals surface area contributed by atoms with E-state index < -0.39 is 0 Å². The molecule has 0 saturated heterocycles. The average molecular weight is 362 g/mol. The molecule has 0 atom stereocenters. The van der Waals surface area contributed by atoms with Gasteiger partial charge < -0.3 is 9.47 Å². The molecule has 1 N–H and O–H groups in total. The van der Waals surface area contributed by atoms with E-state index in [1.165, 1.54) is 0 Å². The fourth-order valence-electron chi connectivity index (χ4n) is 2.67. The van der Waals surface area contributed by atoms with Crippen LogP contribution in [-0.4, -0.2) is 25.8 Å². The number of carbonyl (C=O) groups is 1. The molecule has 0 bridgehead atoms. The number of hydrogen-bond acceptors (Lipinski definition) is 4. The topological polar surface area (TPSA) is 59.9 Å². The molecule has 5 nitrogen and oxygen atoms in total. The Kier molecular flexibility index (Phi) is 5.71. The lowest BCUT2D eigenvalue weighted by Gasteiger charge is -2.08. The summed E-state index contributed by atoms with van der Waals surface area (Å²) < 4.78 is 10.8. The van der Waals surface area contributed by atoms with Crippen molar-refractivity contribution in [1.82, 2.24) is 5.43 Å². The Bertz CT molecular complexity index is 996. The van der Waals surface area contributed by atoms with Crippen LogP contribution in [-0.2, 0) is 4.79 Å². The predicted octanol–water partition coefficient (Wildman–Crippen LogP) is 3.99. The number of amides is 1. The fourth-order valence-corrected chi connectivity index (χ4v) is 2.67. The van der Waals surface area contributed by atoms with Crippen molar-refractivity contribution < 1.29 is 14.3 Å². The Hall–Kier alpha value is -3.34. The van der Waals surface area contributed by atoms with E-state index in [4.69, 9.17) is 9.47 Å². The molecule has 3 aromatic rings. The Morgan fingerprint density at radius 3 is 2.63 bits per heavy atom. The molecule has 27 heavy (non-hydrogen) atoms. The van der Waals surface area contributed by atoms with Gasteiger partial charge >= 0.3 is 0 Å². The summed E-state index contributed by atoms with van der Waals surface area (Å²) in [6, 6.07) is 17.7. The molecule has 0 aromatic heterocycles. The highest BCUT2D eigenvalue weighted by atomic mass is 16.5. The van der Waals surface area contributed by atoms with Crippen LogP contribution in [0.4, 0.5) is 0 Å². The summed E-state index contributed by atoms with van der Waals surface area (Å²) in [6.45, 7) is 3.84. The van der Waals surface area contributed by atoms with Gasteiger partial charge in [-0.3, -0.25) is 4.79 Å². The number of hydrazone groups is 1. The molecule has 0 unspecified atom stereocenters. The van der Waals surface area contributed by atoms with E-state index in [0.717, 1.165) is 33.2 Å². The zero-order valence-corrected chi connectivity index (χ0v) is 15.7. The summed E-state index contributed by atoms with van der Waals surface area (Å²) in [6.07, 6.45) is 1.61. The molecule has 3 aromatic carbocycles. The van der Waals surface area contributed by atoms with E-state index in [1.54, 1.807) is 13.3 Å². The number of nitrogens with one attached hydrogen (secondary N) is 1. The van der Waals surface area contributed by atoms with E-state index in [2.05, 4.69) is 10.5 Å². The van der Waals surface area contributed by atoms with Gasteiger partial charge in [0.05, 0.1) is 13.3 Å². The average Bonchev–Trinajstić information content (AvgIpc) is 2.68. The van der Waals surface area contributed by atoms with Gasteiger partial charge in [0.1, 0.15) is 11.5 Å². The van der Waals surface area contributed by atoms with Crippen molar-refractivity contribution in [3.05, 3.63) is 71.3 Å². The van der Waals surface area contributed by atoms with Crippen LogP contribution in [0.1, 0.15) is 16.7 Å². The normalized spacial score (nSPS) is 10.9. The Morgan fingerprint density at radius 2 is 1.81 bits per heavy atom. The molecule has 138 valence electrons. The van der Waals surface area contributed by atoms with Crippen LogP contribution in [0.3, 0.4) is 0 Å². The van der Waals surface area contributed by atoms with E-state index in [9.17, 15) is 4.79 Å². The standard InChI is InChI=1S/C22H22N2O3/c1-15-4-5-16(2)21(10-15)27-14-22(25)24-23-13-17-6-7-19-12-20(26-3)9-8-18(19)11-17/h4-13H,14H2,1-3H3,(H,24,25)/b23-13-. The second-order valence-electron chi connectivity index (χ2n) is 6.32. The largest absolute Gasteiger partial charge is 0.497 e. The molecular formula is C22H22N2O3. The third-order valence-electron chi connectivity index (χ3n) is 4.18. The number of benzene rings is 3. The summed E-state index contributed by atoms with van der Waals surface area (Å²) in [5, 5.41) is 6.16. The SMILES string of the molecule is COc1ccc2cc(/C=N\NC(=O)COc3cc(C)ccc3C)ccc2c1. The predicted molar refractivity (Wildman–Crippen MR) is 108 cm³/mol. The zero-order chi connectivity index (χ0) is 19.2. The van der Waals surface area contributed by atoms with Crippen molar-refractivity contribution >= 4 is 22.9 Å². The van der Waals surface area contributed by atoms with Crippen LogP contribution in [0, 0.1) is 13.8 Å². The Balaban J connectivity index is 1.57. The highest BCUT2D eigenvalue weighted by Crippen LogP contribution is 2.21. The Labute approximate surface area is 158 Å². The lowest BCUT2D eigenvalue weighted by molar-refractivity contribution is -0.123. The lowest BCUT2D eigenvalue weighted by atomic mass is 10.1. The van der Waals surface area contributed by atoms with Gasteiger partial charge in [0.25, 0.3) is 5.91 Å². The first-order chi connectivity index (χ1) is 13.0. The van der Waals surface area contributed by atoms with Gasteiger partial charge in [-0.25, -0.2) is 5.43 Å². The molecule has 5 heteroatoms. The minimum Gasteiger partial charge on any atom is -0.497 e. The van der Waals surface area contributed by atoms with Gasteiger partial charge in [-0.2, -0.15) is 5.10 Å². The summed E-state index contributed by atoms with van der Waals surface area (Å²) in [5.74, 6) is 1.22. The zero-order valence-electron chi connectivity index (χ0n) is 15.7. The first kappa shape index (κ1) is 18.5. The molecule has 0 radical (unpaired) electrons. The number of fused-ring (bicyclic) bond motifs is 1. The number of carbonyl (C=O) groups excluding carboxylic acids is 1. The quantitative estimate of drug-likeness (QED) is 0.533. The second kappa shape index (κ2) is 8.36. The molecular weight excluding hydrogens is 340 g/mol. The van der Waals surface area contributed by atoms with E-state index >= 15 is 0 Å². The third kappa shape index (κ3) is 4.85. The minimum absolute atomic E-state index is 0.0842. The van der Waals surface area contributed by atoms with Crippen LogP contribution in [0.2, 0.25) is 0 Å². The molecule has 0 heterocycles. The molecule has 0 fully saturated rings. The van der Waals surface area contributed by atoms with Crippen LogP contribution in [0.5, 0.6) is 11.5 Å². The lowest BCUT2D eigenvalue weighted by Crippen LogP contribution is -2.24. The molecule has 0 aliphatic heterocycles. The van der Waals surface area contributed by atoms with Crippen molar-refractivity contribution in [2.75, 3.05) is 13.7 Å². The number of nitrogens with zero attached hydrogens (tertiary/aromatic N) is 1. The molecule has 0 spiro atoms. The Morgan fingerprint density at radius 1 is 1.04 bits per heavy atom. The fraction of sp³-hybridized carbons (Fsp3) is 0.182. The maximum Gasteiger partial charge on any atom is 0.277 e. The summed E-state index contributed by atoms with van der Waals surface area (Å²) in [5.41, 5.74) is 5.46. The van der Waals surface area contributed by atoms with E-state index in [1.807, 2.05) is 68.4 Å². The number of hydrogen-bond donors (Lipinski definition) is 1. The maximum absolute atomic E-state index is 11.9. The third-order valence-corrected chi connectivity index (χ3v) is 4.18. The minimum atomic E-state index is -0.308. The van der Waals surface area contributed by atoms with Crippen LogP contribution >= 0.6 is 0 Å². The highest BCUT2D eigenvalue weighted by molar-refractivity contribution is 5.91. The van der Waals surface area contributed by atoms with E-state index in [-0.39, 0.29) is 12.5 Å². The first-order valence-corrected chi connectivity index (χ1v) is 8.65. The van der Waals surface area contributed by atoms with Crippen LogP contribution in [0.25, 0.3) is 10.8 Å². The van der Waals surface area contributed by atoms with Gasteiger partial charge in [-0.15, -0.1) is 0 Å². The number of ether oxygens (including phenoxy) is 2. The van der Waals surface area contributed by atoms with Gasteiger partial charge in [-0.05, 0) is 65.6 Å². The molecule has 0 aliphatic rings. The van der Waals surface area contributed by atoms with E-state index in [0.29, 0.717) is 5.75 Å². The van der Waals surface area contributed by atoms with Gasteiger partial charge in [0.15, 0.2) is 6.61 Å². The molecule has 0 aliphatic carbocycles. The second-order valence-corrected chi connectivity index (χ2v) is 6.32. The van der Waals surface area contributed by atoms with Gasteiger partial charge in [-0.1, -0.05) is 30.3 Å². The summed E-state index contributed by atoms with van der Waals surface area (Å²) in [4.78, 5) is 11.9. The number of rotatable bonds is 6. The smallest absolute Gasteiger partial charge is 0.277 e. The van der Waals surface area contributed by atoms with Crippen molar-refractivity contribution in [2.45, 2.75) is 13.8 Å². The number of methoxy groups -OCH3 is 1. The monoisotopic (exact) mass is 362 g/mol. The van der Waals surface area contributed by atoms with Crippen LogP contribution < -0.4 is 14.9 Å². The highest BCUT2D eigenvalue weighted by Gasteiger charge is 2.04. The molecule has 1 amide bonds.